The van der Waals surface area contributed by atoms with Gasteiger partial charge in [-0.05, 0) is 6.42 Å². The summed E-state index contributed by atoms with van der Waals surface area (Å²) in [5, 5.41) is 8.30. The number of carbonyl (C=O) groups is 2. The quantitative estimate of drug-likeness (QED) is 0.463. The fraction of sp³-hybridized carbons (Fsp3) is 0.800. The van der Waals surface area contributed by atoms with Gasteiger partial charge in [0.1, 0.15) is 12.2 Å². The summed E-state index contributed by atoms with van der Waals surface area (Å²) < 4.78 is 0. The Morgan fingerprint density at radius 3 is 2.14 bits per heavy atom. The van der Waals surface area contributed by atoms with E-state index in [4.69, 9.17) is 5.11 Å². The molecule has 0 aliphatic rings. The Morgan fingerprint density at radius 1 is 1.07 bits per heavy atom. The Hall–Kier alpha value is -1.86. The molecular weight excluding hydrogens is 425 g/mol. The van der Waals surface area contributed by atoms with Gasteiger partial charge < -0.3 is 5.11 Å². The standard InChI is InChI=1S/C10H18O3.Fm/c1-2-3-4-5-6-7-9(11)8-10(12)13;/h2-8H2,1H3,(H,12,13);. The van der Waals surface area contributed by atoms with E-state index in [1.807, 2.05) is 0 Å². The van der Waals surface area contributed by atoms with Crippen LogP contribution in [-0.4, -0.2) is 16.9 Å². The molecule has 0 aromatic rings. The van der Waals surface area contributed by atoms with E-state index in [1.54, 1.807) is 0 Å². The molecule has 0 radical (unpaired) electrons. The largest absolute Gasteiger partial charge is 0.481 e. The SMILES string of the molecule is CCCCCCCC(=O)CC(=O)O.[Fm]. The molecule has 1 N–H and O–H groups in total. The molecule has 0 atom stereocenters. The molecule has 0 saturated heterocycles. The second-order valence-corrected chi connectivity index (χ2v) is 3.27. The minimum Gasteiger partial charge on any atom is -0.481 e. The van der Waals surface area contributed by atoms with Gasteiger partial charge >= 0.3 is 5.97 Å². The van der Waals surface area contributed by atoms with Gasteiger partial charge in [-0.15, -0.1) is 0 Å². The maximum atomic E-state index is 10.9. The second kappa shape index (κ2) is 9.23. The number of aliphatic carboxylic acids is 1. The van der Waals surface area contributed by atoms with Gasteiger partial charge in [0.25, 0.3) is 0 Å². The molecule has 0 aliphatic heterocycles. The van der Waals surface area contributed by atoms with Crippen LogP contribution in [0.4, 0.5) is 0 Å². The number of ketones is 1. The molecule has 0 aliphatic carbocycles. The Balaban J connectivity index is 0. The van der Waals surface area contributed by atoms with Crippen LogP contribution in [0.2, 0.25) is 0 Å². The van der Waals surface area contributed by atoms with Gasteiger partial charge in [0.05, 0.1) is 0 Å². The van der Waals surface area contributed by atoms with Crippen LogP contribution in [0.25, 0.3) is 0 Å². The Labute approximate surface area is 79.1 Å². The van der Waals surface area contributed by atoms with Gasteiger partial charge in [-0.3, -0.25) is 9.59 Å². The molecule has 0 rings (SSSR count). The molecule has 3 nitrogen and oxygen atoms in total. The molecule has 88 valence electrons. The second-order valence-electron chi connectivity index (χ2n) is 3.27. The summed E-state index contributed by atoms with van der Waals surface area (Å²) in [6, 6.07) is 0. The summed E-state index contributed by atoms with van der Waals surface area (Å²) in [6.07, 6.45) is 5.53. The average molecular weight is 443 g/mol. The summed E-state index contributed by atoms with van der Waals surface area (Å²) in [5.74, 6) is -1.16. The molecule has 0 fully saturated rings. The van der Waals surface area contributed by atoms with Crippen LogP contribution in [-0.2, 0) is 9.59 Å². The summed E-state index contributed by atoms with van der Waals surface area (Å²) in [7, 11) is 0. The molecule has 0 bridgehead atoms. The van der Waals surface area contributed by atoms with E-state index in [0.717, 1.165) is 19.3 Å². The third kappa shape index (κ3) is 10.1. The molecule has 0 aromatic carbocycles. The first-order valence-corrected chi connectivity index (χ1v) is 4.90. The molecule has 0 unspecified atom stereocenters. The van der Waals surface area contributed by atoms with E-state index in [2.05, 4.69) is 6.92 Å². The number of carboxylic acids is 1. The van der Waals surface area contributed by atoms with E-state index >= 15 is 0 Å². The molecule has 0 spiro atoms. The topological polar surface area (TPSA) is 54.4 Å². The normalized spacial score (nSPS) is 9.21. The van der Waals surface area contributed by atoms with E-state index in [9.17, 15) is 9.59 Å². The van der Waals surface area contributed by atoms with Crippen LogP contribution in [0.15, 0.2) is 0 Å². The fourth-order valence-electron chi connectivity index (χ4n) is 1.18. The van der Waals surface area contributed by atoms with Crippen LogP contribution in [0.3, 0.4) is 0 Å². The van der Waals surface area contributed by atoms with Gasteiger partial charge in [0, 0.05) is 6.42 Å². The van der Waals surface area contributed by atoms with Crippen molar-refractivity contribution in [3.63, 3.8) is 0 Å². The predicted molar refractivity (Wildman–Crippen MR) is 50.6 cm³/mol. The third-order valence-corrected chi connectivity index (χ3v) is 1.91. The number of carbonyl (C=O) groups excluding carboxylic acids is 1. The molecule has 14 heavy (non-hydrogen) atoms. The van der Waals surface area contributed by atoms with Crippen molar-refractivity contribution >= 4 is 11.8 Å². The van der Waals surface area contributed by atoms with Crippen LogP contribution >= 0.6 is 0 Å². The Bertz CT molecular complexity index is 169. The first kappa shape index (κ1) is 14.7. The van der Waals surface area contributed by atoms with Crippen molar-refractivity contribution in [1.82, 2.24) is 0 Å². The summed E-state index contributed by atoms with van der Waals surface area (Å²) in [6.45, 7) is 2.13. The molecule has 0 saturated carbocycles. The molecule has 0 aromatic heterocycles. The predicted octanol–water partition coefficient (Wildman–Crippen LogP) is 2.39. The van der Waals surface area contributed by atoms with E-state index < -0.39 is 5.97 Å². The first-order valence-electron chi connectivity index (χ1n) is 4.90. The monoisotopic (exact) mass is 443 g/mol. The van der Waals surface area contributed by atoms with Crippen LogP contribution < -0.4 is 0 Å². The van der Waals surface area contributed by atoms with Gasteiger partial charge in [-0.2, -0.15) is 0 Å². The van der Waals surface area contributed by atoms with Crippen molar-refractivity contribution in [1.29, 1.82) is 0 Å². The minimum absolute atomic E-state index is 0. The van der Waals surface area contributed by atoms with Gasteiger partial charge in [-0.25, -0.2) is 0 Å². The van der Waals surface area contributed by atoms with Crippen molar-refractivity contribution in [2.45, 2.75) is 51.9 Å². The van der Waals surface area contributed by atoms with Gasteiger partial charge in [0.2, 0.25) is 0 Å². The van der Waals surface area contributed by atoms with Crippen molar-refractivity contribution in [2.75, 3.05) is 0 Å². The van der Waals surface area contributed by atoms with Crippen LogP contribution in [0.1, 0.15) is 51.9 Å². The number of rotatable bonds is 8. The summed E-state index contributed by atoms with van der Waals surface area (Å²) >= 11 is 0. The molecule has 0 heterocycles. The zero-order chi connectivity index (χ0) is 10.1. The van der Waals surface area contributed by atoms with Crippen molar-refractivity contribution < 1.29 is 14.7 Å². The van der Waals surface area contributed by atoms with Crippen molar-refractivity contribution in [2.24, 2.45) is 0 Å². The summed E-state index contributed by atoms with van der Waals surface area (Å²) in [4.78, 5) is 21.0. The maximum Gasteiger partial charge on any atom is 0.310 e. The zero-order valence-electron chi connectivity index (χ0n) is 8.50. The molecular formula is C10H18FmO3. The van der Waals surface area contributed by atoms with Crippen molar-refractivity contribution in [3.8, 4) is 0 Å². The molecule has 4 heteroatoms. The average Bonchev–Trinajstić information content (AvgIpc) is 2.02. The molecule has 0 amide bonds. The van der Waals surface area contributed by atoms with E-state index in [1.165, 1.54) is 12.8 Å². The van der Waals surface area contributed by atoms with Crippen LogP contribution in [0.5, 0.6) is 0 Å². The van der Waals surface area contributed by atoms with Crippen LogP contribution in [0, 0.1) is 0 Å². The zero-order valence-corrected chi connectivity index (χ0v) is 10.9. The van der Waals surface area contributed by atoms with Gasteiger partial charge in [-0.1, -0.05) is 32.6 Å². The Kier molecular flexibility index (Phi) is 9.66. The van der Waals surface area contributed by atoms with E-state index in [-0.39, 0.29) is 12.2 Å². The smallest absolute Gasteiger partial charge is 0.310 e. The third-order valence-electron chi connectivity index (χ3n) is 1.91. The first-order chi connectivity index (χ1) is 6.16. The fourth-order valence-corrected chi connectivity index (χ4v) is 1.18. The number of unbranched alkanes of at least 4 members (excludes halogenated alkanes) is 4. The number of hydrogen-bond acceptors (Lipinski definition) is 2. The summed E-state index contributed by atoms with van der Waals surface area (Å²) in [5.41, 5.74) is 0. The van der Waals surface area contributed by atoms with Crippen molar-refractivity contribution in [3.05, 3.63) is 0 Å². The van der Waals surface area contributed by atoms with E-state index in [0.29, 0.717) is 6.42 Å². The number of Topliss-reactive ketones (excluding diaryl/α,β-unsaturated/α-hetero) is 1. The maximum absolute atomic E-state index is 10.9. The number of hydrogen-bond donors (Lipinski definition) is 1. The van der Waals surface area contributed by atoms with Gasteiger partial charge in [0.15, 0.2) is 0 Å². The Morgan fingerprint density at radius 2 is 1.64 bits per heavy atom. The minimum atomic E-state index is -1.02. The number of carboxylic acid groups (broad SMARTS) is 1.